The van der Waals surface area contributed by atoms with Gasteiger partial charge < -0.3 is 14.8 Å². The van der Waals surface area contributed by atoms with Gasteiger partial charge in [0, 0.05) is 13.0 Å². The number of amides is 1. The second-order valence-electron chi connectivity index (χ2n) is 7.01. The third-order valence-corrected chi connectivity index (χ3v) is 5.94. The molecule has 2 aromatic rings. The van der Waals surface area contributed by atoms with Gasteiger partial charge >= 0.3 is 0 Å². The molecule has 0 aliphatic carbocycles. The average Bonchev–Trinajstić information content (AvgIpc) is 2.70. The van der Waals surface area contributed by atoms with Crippen molar-refractivity contribution in [3.8, 4) is 11.5 Å². The molecule has 0 radical (unpaired) electrons. The average molecular weight is 435 g/mol. The Labute approximate surface area is 179 Å². The highest BCUT2D eigenvalue weighted by Gasteiger charge is 2.20. The Bertz CT molecular complexity index is 960. The van der Waals surface area contributed by atoms with Crippen LogP contribution in [0, 0.1) is 13.8 Å². The zero-order valence-corrected chi connectivity index (χ0v) is 18.8. The monoisotopic (exact) mass is 434 g/mol. The van der Waals surface area contributed by atoms with Crippen LogP contribution in [0.25, 0.3) is 0 Å². The lowest BCUT2D eigenvalue weighted by atomic mass is 10.1. The van der Waals surface area contributed by atoms with E-state index in [0.717, 1.165) is 23.1 Å². The lowest BCUT2D eigenvalue weighted by Gasteiger charge is -2.24. The van der Waals surface area contributed by atoms with Gasteiger partial charge in [0.1, 0.15) is 18.1 Å². The fourth-order valence-electron chi connectivity index (χ4n) is 3.00. The highest BCUT2D eigenvalue weighted by atomic mass is 32.2. The molecule has 7 nitrogen and oxygen atoms in total. The summed E-state index contributed by atoms with van der Waals surface area (Å²) in [6.07, 6.45) is 1.74. The molecule has 0 saturated heterocycles. The summed E-state index contributed by atoms with van der Waals surface area (Å²) in [6.45, 7) is 4.96. The minimum atomic E-state index is -3.51. The number of rotatable bonds is 11. The van der Waals surface area contributed by atoms with Crippen LogP contribution in [0.5, 0.6) is 11.5 Å². The van der Waals surface area contributed by atoms with Crippen molar-refractivity contribution in [2.45, 2.75) is 26.7 Å². The second kappa shape index (κ2) is 10.9. The molecule has 0 bridgehead atoms. The molecule has 0 aromatic heterocycles. The zero-order chi connectivity index (χ0) is 22.1. The van der Waals surface area contributed by atoms with E-state index in [0.29, 0.717) is 31.0 Å². The van der Waals surface area contributed by atoms with Crippen LogP contribution in [0.1, 0.15) is 24.0 Å². The summed E-state index contributed by atoms with van der Waals surface area (Å²) in [4.78, 5) is 12.1. The van der Waals surface area contributed by atoms with E-state index in [2.05, 4.69) is 5.32 Å². The molecule has 30 heavy (non-hydrogen) atoms. The Kier molecular flexibility index (Phi) is 8.53. The highest BCUT2D eigenvalue weighted by molar-refractivity contribution is 7.92. The second-order valence-corrected chi connectivity index (χ2v) is 8.91. The molecule has 0 saturated carbocycles. The molecule has 1 amide bonds. The first kappa shape index (κ1) is 23.5. The molecule has 0 fully saturated rings. The number of sulfonamides is 1. The number of carbonyl (C=O) groups is 1. The fourth-order valence-corrected chi connectivity index (χ4v) is 3.97. The summed E-state index contributed by atoms with van der Waals surface area (Å²) in [6, 6.07) is 12.8. The van der Waals surface area contributed by atoms with Gasteiger partial charge in [0.2, 0.25) is 15.9 Å². The number of nitrogens with one attached hydrogen (secondary N) is 1. The van der Waals surface area contributed by atoms with Crippen molar-refractivity contribution in [2.24, 2.45) is 0 Å². The van der Waals surface area contributed by atoms with Crippen molar-refractivity contribution in [3.63, 3.8) is 0 Å². The van der Waals surface area contributed by atoms with Gasteiger partial charge in [-0.1, -0.05) is 24.3 Å². The van der Waals surface area contributed by atoms with Crippen molar-refractivity contribution in [3.05, 3.63) is 53.6 Å². The number of hydrogen-bond acceptors (Lipinski definition) is 5. The van der Waals surface area contributed by atoms with Gasteiger partial charge in [-0.25, -0.2) is 8.42 Å². The quantitative estimate of drug-likeness (QED) is 0.550. The molecular weight excluding hydrogens is 404 g/mol. The van der Waals surface area contributed by atoms with E-state index < -0.39 is 10.0 Å². The van der Waals surface area contributed by atoms with Crippen molar-refractivity contribution in [2.75, 3.05) is 37.4 Å². The SMILES string of the molecule is COc1ccccc1N(CCCC(=O)NCCOc1cccc(C)c1C)S(C)(=O)=O. The summed E-state index contributed by atoms with van der Waals surface area (Å²) in [5.74, 6) is 1.13. The molecule has 164 valence electrons. The first-order chi connectivity index (χ1) is 14.2. The molecule has 0 atom stereocenters. The molecule has 0 aliphatic heterocycles. The predicted molar refractivity (Wildman–Crippen MR) is 119 cm³/mol. The van der Waals surface area contributed by atoms with Gasteiger partial charge in [-0.3, -0.25) is 9.10 Å². The Balaban J connectivity index is 1.81. The molecule has 2 aromatic carbocycles. The van der Waals surface area contributed by atoms with Crippen molar-refractivity contribution < 1.29 is 22.7 Å². The third-order valence-electron chi connectivity index (χ3n) is 4.76. The maximum absolute atomic E-state index is 12.2. The van der Waals surface area contributed by atoms with E-state index in [9.17, 15) is 13.2 Å². The lowest BCUT2D eigenvalue weighted by molar-refractivity contribution is -0.121. The summed E-state index contributed by atoms with van der Waals surface area (Å²) >= 11 is 0. The largest absolute Gasteiger partial charge is 0.495 e. The Morgan fingerprint density at radius 1 is 1.07 bits per heavy atom. The molecule has 0 unspecified atom stereocenters. The number of anilines is 1. The van der Waals surface area contributed by atoms with Crippen LogP contribution in [0.15, 0.2) is 42.5 Å². The Morgan fingerprint density at radius 3 is 2.47 bits per heavy atom. The number of methoxy groups -OCH3 is 1. The number of nitrogens with zero attached hydrogens (tertiary/aromatic N) is 1. The van der Waals surface area contributed by atoms with Crippen molar-refractivity contribution in [1.29, 1.82) is 0 Å². The summed E-state index contributed by atoms with van der Waals surface area (Å²) < 4.78 is 36.7. The summed E-state index contributed by atoms with van der Waals surface area (Å²) in [5.41, 5.74) is 2.70. The van der Waals surface area contributed by atoms with Crippen LogP contribution in [0.4, 0.5) is 5.69 Å². The number of ether oxygens (including phenoxy) is 2. The van der Waals surface area contributed by atoms with Gasteiger partial charge in [-0.05, 0) is 49.6 Å². The number of aryl methyl sites for hydroxylation is 1. The molecule has 0 heterocycles. The van der Waals surface area contributed by atoms with E-state index in [4.69, 9.17) is 9.47 Å². The molecular formula is C22H30N2O5S. The van der Waals surface area contributed by atoms with Crippen LogP contribution in [0.2, 0.25) is 0 Å². The van der Waals surface area contributed by atoms with E-state index in [-0.39, 0.29) is 18.9 Å². The van der Waals surface area contributed by atoms with E-state index in [1.165, 1.54) is 11.4 Å². The zero-order valence-electron chi connectivity index (χ0n) is 18.0. The maximum atomic E-state index is 12.2. The van der Waals surface area contributed by atoms with E-state index >= 15 is 0 Å². The van der Waals surface area contributed by atoms with E-state index in [1.807, 2.05) is 32.0 Å². The van der Waals surface area contributed by atoms with Gasteiger partial charge in [0.25, 0.3) is 0 Å². The van der Waals surface area contributed by atoms with Crippen molar-refractivity contribution >= 4 is 21.6 Å². The smallest absolute Gasteiger partial charge is 0.232 e. The minimum Gasteiger partial charge on any atom is -0.495 e. The third kappa shape index (κ3) is 6.66. The normalized spacial score (nSPS) is 11.1. The maximum Gasteiger partial charge on any atom is 0.232 e. The van der Waals surface area contributed by atoms with Crippen molar-refractivity contribution in [1.82, 2.24) is 5.32 Å². The Morgan fingerprint density at radius 2 is 1.77 bits per heavy atom. The first-order valence-electron chi connectivity index (χ1n) is 9.80. The van der Waals surface area contributed by atoms with Gasteiger partial charge in [-0.15, -0.1) is 0 Å². The van der Waals surface area contributed by atoms with Crippen LogP contribution in [0.3, 0.4) is 0 Å². The standard InChI is InChI=1S/C22H30N2O5S/c1-17-9-7-12-20(18(17)2)29-16-14-23-22(25)13-8-15-24(30(4,26)27)19-10-5-6-11-21(19)28-3/h5-7,9-12H,8,13-16H2,1-4H3,(H,23,25). The number of para-hydroxylation sites is 2. The minimum absolute atomic E-state index is 0.145. The summed E-state index contributed by atoms with van der Waals surface area (Å²) in [5, 5.41) is 2.81. The molecule has 0 spiro atoms. The summed E-state index contributed by atoms with van der Waals surface area (Å²) in [7, 11) is -2.01. The van der Waals surface area contributed by atoms with Crippen LogP contribution >= 0.6 is 0 Å². The van der Waals surface area contributed by atoms with Crippen LogP contribution in [-0.2, 0) is 14.8 Å². The predicted octanol–water partition coefficient (Wildman–Crippen LogP) is 3.05. The Hall–Kier alpha value is -2.74. The van der Waals surface area contributed by atoms with Gasteiger partial charge in [0.05, 0.1) is 25.6 Å². The lowest BCUT2D eigenvalue weighted by Crippen LogP contribution is -2.33. The first-order valence-corrected chi connectivity index (χ1v) is 11.7. The van der Waals surface area contributed by atoms with Crippen LogP contribution in [-0.4, -0.2) is 47.4 Å². The topological polar surface area (TPSA) is 84.9 Å². The number of carbonyl (C=O) groups excluding carboxylic acids is 1. The number of hydrogen-bond donors (Lipinski definition) is 1. The van der Waals surface area contributed by atoms with E-state index in [1.54, 1.807) is 24.3 Å². The molecule has 1 N–H and O–H groups in total. The molecule has 2 rings (SSSR count). The molecule has 8 heteroatoms. The van der Waals surface area contributed by atoms with Gasteiger partial charge in [0.15, 0.2) is 0 Å². The van der Waals surface area contributed by atoms with Gasteiger partial charge in [-0.2, -0.15) is 0 Å². The molecule has 0 aliphatic rings. The highest BCUT2D eigenvalue weighted by Crippen LogP contribution is 2.29. The fraction of sp³-hybridized carbons (Fsp3) is 0.409. The van der Waals surface area contributed by atoms with Crippen LogP contribution < -0.4 is 19.1 Å². The number of benzene rings is 2.